The number of phenolic OH excluding ortho intramolecular Hbond substituents is 1. The zero-order valence-electron chi connectivity index (χ0n) is 25.0. The maximum Gasteiger partial charge on any atom is 0.534 e. The van der Waals surface area contributed by atoms with Crippen molar-refractivity contribution in [1.29, 1.82) is 0 Å². The fourth-order valence-electron chi connectivity index (χ4n) is 6.57. The molecule has 242 valence electrons. The summed E-state index contributed by atoms with van der Waals surface area (Å²) in [7, 11) is -5.78. The predicted octanol–water partition coefficient (Wildman–Crippen LogP) is 7.33. The third-order valence-electron chi connectivity index (χ3n) is 8.67. The normalized spacial score (nSPS) is 18.2. The van der Waals surface area contributed by atoms with E-state index in [4.69, 9.17) is 8.83 Å². The Labute approximate surface area is 257 Å². The molecule has 8 nitrogen and oxygen atoms in total. The third-order valence-corrected chi connectivity index (χ3v) is 9.65. The molecule has 45 heavy (non-hydrogen) atoms. The van der Waals surface area contributed by atoms with Gasteiger partial charge in [0, 0.05) is 34.0 Å². The van der Waals surface area contributed by atoms with E-state index in [1.165, 1.54) is 18.6 Å². The van der Waals surface area contributed by atoms with Gasteiger partial charge in [0.05, 0.1) is 0 Å². The molecule has 0 bridgehead atoms. The molecule has 0 fully saturated rings. The SMILES string of the molecule is CCCC1CCc2c(c(=O)oc3cc(O)ccc23)C1.CCCC1CCc2c(c(=O)oc3cc(OS(=O)(=O)C(F)(F)F)ccc23)C1. The Bertz CT molecular complexity index is 1940. The maximum atomic E-state index is 12.4. The van der Waals surface area contributed by atoms with Crippen LogP contribution in [-0.4, -0.2) is 19.0 Å². The second-order valence-electron chi connectivity index (χ2n) is 11.8. The summed E-state index contributed by atoms with van der Waals surface area (Å²) < 4.78 is 74.2. The first-order chi connectivity index (χ1) is 21.3. The monoisotopic (exact) mass is 648 g/mol. The first-order valence-corrected chi connectivity index (χ1v) is 16.6. The molecule has 12 heteroatoms. The van der Waals surface area contributed by atoms with Crippen LogP contribution in [0.15, 0.2) is 54.8 Å². The molecule has 0 saturated heterocycles. The molecular weight excluding hydrogens is 613 g/mol. The number of halogens is 3. The third kappa shape index (κ3) is 6.90. The Hall–Kier alpha value is -3.80. The van der Waals surface area contributed by atoms with Gasteiger partial charge >= 0.3 is 26.9 Å². The van der Waals surface area contributed by atoms with E-state index in [0.29, 0.717) is 41.2 Å². The molecule has 4 aromatic rings. The molecule has 6 rings (SSSR count). The zero-order valence-corrected chi connectivity index (χ0v) is 25.9. The lowest BCUT2D eigenvalue weighted by Crippen LogP contribution is -2.28. The molecule has 0 amide bonds. The van der Waals surface area contributed by atoms with Gasteiger partial charge in [-0.05, 0) is 85.8 Å². The van der Waals surface area contributed by atoms with Gasteiger partial charge in [0.1, 0.15) is 22.7 Å². The molecular formula is C33H35F3O8S. The van der Waals surface area contributed by atoms with E-state index in [0.717, 1.165) is 79.2 Å². The van der Waals surface area contributed by atoms with Crippen LogP contribution in [0.3, 0.4) is 0 Å². The predicted molar refractivity (Wildman–Crippen MR) is 163 cm³/mol. The summed E-state index contributed by atoms with van der Waals surface area (Å²) in [4.78, 5) is 24.4. The molecule has 0 radical (unpaired) electrons. The van der Waals surface area contributed by atoms with Crippen molar-refractivity contribution >= 4 is 32.1 Å². The van der Waals surface area contributed by atoms with Gasteiger partial charge in [0.2, 0.25) is 0 Å². The summed E-state index contributed by atoms with van der Waals surface area (Å²) in [5, 5.41) is 11.0. The number of aryl methyl sites for hydroxylation is 2. The van der Waals surface area contributed by atoms with E-state index in [1.54, 1.807) is 6.07 Å². The van der Waals surface area contributed by atoms with Crippen LogP contribution in [0.25, 0.3) is 21.9 Å². The standard InChI is InChI=1S/C17H17F3O5S.C16H18O3/c1-2-3-10-4-6-12-13-7-5-11(25-26(22,23)17(18,19)20)9-15(13)24-16(21)14(12)8-10;1-2-3-10-4-6-12-13-7-5-11(17)9-15(13)19-16(18)14(12)8-10/h5,7,9-10H,2-4,6,8H2,1H3;5,7,9-10,17H,2-4,6,8H2,1H3. The van der Waals surface area contributed by atoms with Crippen molar-refractivity contribution < 1.29 is 39.7 Å². The van der Waals surface area contributed by atoms with E-state index in [2.05, 4.69) is 18.0 Å². The zero-order chi connectivity index (χ0) is 32.5. The molecule has 2 heterocycles. The van der Waals surface area contributed by atoms with E-state index in [1.807, 2.05) is 6.07 Å². The Morgan fingerprint density at radius 3 is 1.78 bits per heavy atom. The number of phenols is 1. The van der Waals surface area contributed by atoms with Crippen LogP contribution in [0.2, 0.25) is 0 Å². The highest BCUT2D eigenvalue weighted by atomic mass is 32.2. The highest BCUT2D eigenvalue weighted by molar-refractivity contribution is 7.88. The van der Waals surface area contributed by atoms with Crippen LogP contribution in [0.4, 0.5) is 13.2 Å². The molecule has 2 aliphatic rings. The average Bonchev–Trinajstić information content (AvgIpc) is 2.97. The summed E-state index contributed by atoms with van der Waals surface area (Å²) in [6, 6.07) is 8.59. The maximum absolute atomic E-state index is 12.4. The Balaban J connectivity index is 0.000000186. The number of fused-ring (bicyclic) bond motifs is 6. The minimum absolute atomic E-state index is 0.0116. The highest BCUT2D eigenvalue weighted by Gasteiger charge is 2.48. The lowest BCUT2D eigenvalue weighted by Gasteiger charge is -2.24. The van der Waals surface area contributed by atoms with E-state index in [-0.39, 0.29) is 17.0 Å². The van der Waals surface area contributed by atoms with E-state index < -0.39 is 27.0 Å². The number of rotatable bonds is 6. The summed E-state index contributed by atoms with van der Waals surface area (Å²) in [6.07, 6.45) is 9.48. The lowest BCUT2D eigenvalue weighted by molar-refractivity contribution is -0.0500. The second-order valence-corrected chi connectivity index (χ2v) is 13.3. The number of benzene rings is 2. The molecule has 2 aromatic carbocycles. The molecule has 0 saturated carbocycles. The fraction of sp³-hybridized carbons (Fsp3) is 0.455. The number of hydrogen-bond donors (Lipinski definition) is 1. The van der Waals surface area contributed by atoms with Gasteiger partial charge in [-0.2, -0.15) is 21.6 Å². The van der Waals surface area contributed by atoms with Gasteiger partial charge in [0.25, 0.3) is 0 Å². The quantitative estimate of drug-likeness (QED) is 0.131. The van der Waals surface area contributed by atoms with Crippen LogP contribution < -0.4 is 15.4 Å². The summed E-state index contributed by atoms with van der Waals surface area (Å²) in [5.74, 6) is 0.593. The average molecular weight is 649 g/mol. The lowest BCUT2D eigenvalue weighted by atomic mass is 9.81. The van der Waals surface area contributed by atoms with Crippen LogP contribution in [0.1, 0.15) is 74.6 Å². The summed E-state index contributed by atoms with van der Waals surface area (Å²) in [6.45, 7) is 4.26. The Kier molecular flexibility index (Phi) is 9.34. The van der Waals surface area contributed by atoms with Crippen molar-refractivity contribution in [2.45, 2.75) is 83.6 Å². The van der Waals surface area contributed by atoms with Gasteiger partial charge in [-0.25, -0.2) is 9.59 Å². The Morgan fingerprint density at radius 2 is 1.29 bits per heavy atom. The van der Waals surface area contributed by atoms with Crippen LogP contribution in [0.5, 0.6) is 11.5 Å². The van der Waals surface area contributed by atoms with Gasteiger partial charge < -0.3 is 18.1 Å². The van der Waals surface area contributed by atoms with Gasteiger partial charge in [0.15, 0.2) is 0 Å². The van der Waals surface area contributed by atoms with Crippen molar-refractivity contribution in [3.63, 3.8) is 0 Å². The van der Waals surface area contributed by atoms with E-state index in [9.17, 15) is 36.3 Å². The van der Waals surface area contributed by atoms with Crippen molar-refractivity contribution in [3.8, 4) is 11.5 Å². The van der Waals surface area contributed by atoms with Gasteiger partial charge in [-0.15, -0.1) is 0 Å². The number of alkyl halides is 3. The number of aromatic hydroxyl groups is 1. The highest BCUT2D eigenvalue weighted by Crippen LogP contribution is 2.35. The molecule has 0 spiro atoms. The van der Waals surface area contributed by atoms with Gasteiger partial charge in [-0.3, -0.25) is 0 Å². The van der Waals surface area contributed by atoms with Crippen LogP contribution in [-0.2, 0) is 35.8 Å². The smallest absolute Gasteiger partial charge is 0.508 e. The molecule has 1 N–H and O–H groups in total. The first-order valence-electron chi connectivity index (χ1n) is 15.2. The van der Waals surface area contributed by atoms with Crippen LogP contribution >= 0.6 is 0 Å². The van der Waals surface area contributed by atoms with Crippen molar-refractivity contribution in [2.75, 3.05) is 0 Å². The molecule has 2 unspecified atom stereocenters. The molecule has 2 atom stereocenters. The largest absolute Gasteiger partial charge is 0.534 e. The first kappa shape index (κ1) is 32.6. The van der Waals surface area contributed by atoms with Crippen LogP contribution in [0, 0.1) is 11.8 Å². The molecule has 0 aliphatic heterocycles. The number of hydrogen-bond acceptors (Lipinski definition) is 8. The summed E-state index contributed by atoms with van der Waals surface area (Å²) >= 11 is 0. The van der Waals surface area contributed by atoms with Gasteiger partial charge in [-0.1, -0.05) is 39.5 Å². The second kappa shape index (κ2) is 12.9. The minimum Gasteiger partial charge on any atom is -0.508 e. The fourth-order valence-corrected chi connectivity index (χ4v) is 7.02. The molecule has 2 aliphatic carbocycles. The van der Waals surface area contributed by atoms with Crippen molar-refractivity contribution in [1.82, 2.24) is 0 Å². The minimum atomic E-state index is -5.78. The molecule has 2 aromatic heterocycles. The van der Waals surface area contributed by atoms with E-state index >= 15 is 0 Å². The van der Waals surface area contributed by atoms with Crippen molar-refractivity contribution in [3.05, 3.63) is 79.5 Å². The topological polar surface area (TPSA) is 124 Å². The Morgan fingerprint density at radius 1 is 0.800 bits per heavy atom. The summed E-state index contributed by atoms with van der Waals surface area (Å²) in [5.41, 5.74) is -2.41. The van der Waals surface area contributed by atoms with Crippen molar-refractivity contribution in [2.24, 2.45) is 11.8 Å².